The summed E-state index contributed by atoms with van der Waals surface area (Å²) in [5, 5.41) is 8.22. The minimum Gasteiger partial charge on any atom is -0.416 e. The van der Waals surface area contributed by atoms with Gasteiger partial charge in [0.1, 0.15) is 0 Å². The Bertz CT molecular complexity index is 443. The van der Waals surface area contributed by atoms with Gasteiger partial charge in [0.15, 0.2) is 0 Å². The molecule has 0 aliphatic carbocycles. The summed E-state index contributed by atoms with van der Waals surface area (Å²) in [6.07, 6.45) is 1.77. The lowest BCUT2D eigenvalue weighted by Gasteiger charge is -1.96. The second-order valence-electron chi connectivity index (χ2n) is 2.84. The van der Waals surface area contributed by atoms with E-state index in [1.807, 2.05) is 12.1 Å². The molecular weight excluding hydrogens is 278 g/mol. The number of pyridine rings is 1. The quantitative estimate of drug-likeness (QED) is 0.812. The standard InChI is InChI=1S/C9H8BrN3OS/c1-6-12-13-9(14-6)15-5-8-3-2-7(10)4-11-8/h2-4H,5H2,1H3. The minimum atomic E-state index is 0.581. The van der Waals surface area contributed by atoms with Crippen LogP contribution in [-0.4, -0.2) is 15.2 Å². The molecule has 0 bridgehead atoms. The Labute approximate surface area is 99.6 Å². The molecule has 0 fully saturated rings. The number of hydrogen-bond acceptors (Lipinski definition) is 5. The molecule has 0 atom stereocenters. The number of aromatic nitrogens is 3. The Morgan fingerprint density at radius 3 is 2.87 bits per heavy atom. The maximum absolute atomic E-state index is 5.23. The number of hydrogen-bond donors (Lipinski definition) is 0. The molecule has 2 aromatic heterocycles. The van der Waals surface area contributed by atoms with Crippen molar-refractivity contribution in [1.82, 2.24) is 15.2 Å². The van der Waals surface area contributed by atoms with Crippen LogP contribution in [-0.2, 0) is 5.75 Å². The summed E-state index contributed by atoms with van der Waals surface area (Å²) in [6, 6.07) is 3.92. The van der Waals surface area contributed by atoms with E-state index < -0.39 is 0 Å². The molecule has 0 spiro atoms. The summed E-state index contributed by atoms with van der Waals surface area (Å²) in [6.45, 7) is 1.77. The van der Waals surface area contributed by atoms with Crippen molar-refractivity contribution < 1.29 is 4.42 Å². The van der Waals surface area contributed by atoms with Crippen LogP contribution in [0.25, 0.3) is 0 Å². The SMILES string of the molecule is Cc1nnc(SCc2ccc(Br)cn2)o1. The molecule has 6 heteroatoms. The van der Waals surface area contributed by atoms with Crippen LogP contribution in [0.15, 0.2) is 32.4 Å². The molecular formula is C9H8BrN3OS. The third-order valence-electron chi connectivity index (χ3n) is 1.64. The van der Waals surface area contributed by atoms with Crippen LogP contribution in [0.2, 0.25) is 0 Å². The van der Waals surface area contributed by atoms with E-state index in [9.17, 15) is 0 Å². The molecule has 2 rings (SSSR count). The van der Waals surface area contributed by atoms with Gasteiger partial charge in [-0.05, 0) is 28.1 Å². The Morgan fingerprint density at radius 1 is 1.40 bits per heavy atom. The van der Waals surface area contributed by atoms with Gasteiger partial charge in [0.05, 0.1) is 5.69 Å². The van der Waals surface area contributed by atoms with Gasteiger partial charge in [0.25, 0.3) is 5.22 Å². The van der Waals surface area contributed by atoms with Crippen LogP contribution in [0, 0.1) is 6.92 Å². The van der Waals surface area contributed by atoms with Crippen molar-refractivity contribution in [1.29, 1.82) is 0 Å². The highest BCUT2D eigenvalue weighted by atomic mass is 79.9. The maximum atomic E-state index is 5.23. The van der Waals surface area contributed by atoms with E-state index in [-0.39, 0.29) is 0 Å². The summed E-state index contributed by atoms with van der Waals surface area (Å²) in [5.74, 6) is 1.32. The molecule has 2 aromatic rings. The molecule has 0 amide bonds. The zero-order valence-electron chi connectivity index (χ0n) is 7.98. The van der Waals surface area contributed by atoms with E-state index in [0.29, 0.717) is 11.1 Å². The fraction of sp³-hybridized carbons (Fsp3) is 0.222. The first kappa shape index (κ1) is 10.6. The van der Waals surface area contributed by atoms with E-state index in [0.717, 1.165) is 15.9 Å². The third kappa shape index (κ3) is 3.04. The molecule has 0 aliphatic rings. The van der Waals surface area contributed by atoms with Gasteiger partial charge in [-0.2, -0.15) is 0 Å². The van der Waals surface area contributed by atoms with Crippen LogP contribution in [0.5, 0.6) is 0 Å². The average molecular weight is 286 g/mol. The molecule has 15 heavy (non-hydrogen) atoms. The molecule has 0 N–H and O–H groups in total. The smallest absolute Gasteiger partial charge is 0.276 e. The number of halogens is 1. The fourth-order valence-electron chi connectivity index (χ4n) is 0.964. The van der Waals surface area contributed by atoms with Gasteiger partial charge in [0.2, 0.25) is 5.89 Å². The first-order valence-electron chi connectivity index (χ1n) is 4.27. The molecule has 78 valence electrons. The molecule has 0 unspecified atom stereocenters. The van der Waals surface area contributed by atoms with Gasteiger partial charge in [-0.15, -0.1) is 10.2 Å². The minimum absolute atomic E-state index is 0.581. The van der Waals surface area contributed by atoms with Crippen LogP contribution in [0.4, 0.5) is 0 Å². The van der Waals surface area contributed by atoms with Crippen molar-refractivity contribution in [3.05, 3.63) is 34.4 Å². The molecule has 0 aromatic carbocycles. The van der Waals surface area contributed by atoms with Crippen LogP contribution in [0.1, 0.15) is 11.6 Å². The van der Waals surface area contributed by atoms with Gasteiger partial charge < -0.3 is 4.42 Å². The first-order chi connectivity index (χ1) is 7.24. The predicted octanol–water partition coefficient (Wildman–Crippen LogP) is 2.83. The van der Waals surface area contributed by atoms with Crippen molar-refractivity contribution in [3.63, 3.8) is 0 Å². The predicted molar refractivity (Wildman–Crippen MR) is 60.5 cm³/mol. The molecule has 0 saturated heterocycles. The third-order valence-corrected chi connectivity index (χ3v) is 2.96. The number of aryl methyl sites for hydroxylation is 1. The lowest BCUT2D eigenvalue weighted by Crippen LogP contribution is -1.85. The van der Waals surface area contributed by atoms with Gasteiger partial charge in [-0.3, -0.25) is 4.98 Å². The van der Waals surface area contributed by atoms with Crippen molar-refractivity contribution >= 4 is 27.7 Å². The summed E-state index contributed by atoms with van der Waals surface area (Å²) in [4.78, 5) is 4.24. The summed E-state index contributed by atoms with van der Waals surface area (Å²) in [7, 11) is 0. The van der Waals surface area contributed by atoms with E-state index in [4.69, 9.17) is 4.42 Å². The van der Waals surface area contributed by atoms with Crippen LogP contribution >= 0.6 is 27.7 Å². The normalized spacial score (nSPS) is 10.5. The molecule has 2 heterocycles. The summed E-state index contributed by atoms with van der Waals surface area (Å²) >= 11 is 4.82. The second-order valence-corrected chi connectivity index (χ2v) is 4.69. The van der Waals surface area contributed by atoms with Crippen molar-refractivity contribution in [2.45, 2.75) is 17.9 Å². The van der Waals surface area contributed by atoms with E-state index in [1.165, 1.54) is 11.8 Å². The largest absolute Gasteiger partial charge is 0.416 e. The lowest BCUT2D eigenvalue weighted by atomic mass is 10.4. The Balaban J connectivity index is 1.96. The van der Waals surface area contributed by atoms with Crippen LogP contribution in [0.3, 0.4) is 0 Å². The monoisotopic (exact) mass is 285 g/mol. The van der Waals surface area contributed by atoms with E-state index in [2.05, 4.69) is 31.1 Å². The van der Waals surface area contributed by atoms with Crippen molar-refractivity contribution in [2.75, 3.05) is 0 Å². The zero-order chi connectivity index (χ0) is 10.7. The second kappa shape index (κ2) is 4.76. The van der Waals surface area contributed by atoms with E-state index in [1.54, 1.807) is 13.1 Å². The maximum Gasteiger partial charge on any atom is 0.276 e. The summed E-state index contributed by atoms with van der Waals surface area (Å²) in [5.41, 5.74) is 0.985. The Hall–Kier alpha value is -0.880. The fourth-order valence-corrected chi connectivity index (χ4v) is 1.92. The molecule has 0 radical (unpaired) electrons. The lowest BCUT2D eigenvalue weighted by molar-refractivity contribution is 0.429. The van der Waals surface area contributed by atoms with Gasteiger partial charge in [-0.25, -0.2) is 0 Å². The van der Waals surface area contributed by atoms with Crippen molar-refractivity contribution in [3.8, 4) is 0 Å². The molecule has 0 saturated carbocycles. The molecule has 4 nitrogen and oxygen atoms in total. The van der Waals surface area contributed by atoms with Crippen molar-refractivity contribution in [2.24, 2.45) is 0 Å². The van der Waals surface area contributed by atoms with E-state index >= 15 is 0 Å². The highest BCUT2D eigenvalue weighted by Gasteiger charge is 2.03. The van der Waals surface area contributed by atoms with Gasteiger partial charge in [0, 0.05) is 23.3 Å². The topological polar surface area (TPSA) is 51.8 Å². The summed E-state index contributed by atoms with van der Waals surface area (Å²) < 4.78 is 6.21. The number of rotatable bonds is 3. The average Bonchev–Trinajstić information content (AvgIpc) is 2.64. The number of nitrogens with zero attached hydrogens (tertiary/aromatic N) is 3. The first-order valence-corrected chi connectivity index (χ1v) is 6.05. The van der Waals surface area contributed by atoms with Crippen LogP contribution < -0.4 is 0 Å². The Morgan fingerprint density at radius 2 is 2.27 bits per heavy atom. The zero-order valence-corrected chi connectivity index (χ0v) is 10.4. The molecule has 0 aliphatic heterocycles. The highest BCUT2D eigenvalue weighted by Crippen LogP contribution is 2.20. The highest BCUT2D eigenvalue weighted by molar-refractivity contribution is 9.10. The van der Waals surface area contributed by atoms with Gasteiger partial charge in [-0.1, -0.05) is 11.8 Å². The Kier molecular flexibility index (Phi) is 3.37. The number of thioether (sulfide) groups is 1. The van der Waals surface area contributed by atoms with Gasteiger partial charge >= 0.3 is 0 Å².